The van der Waals surface area contributed by atoms with Crippen molar-refractivity contribution in [3.05, 3.63) is 106 Å². The number of carbonyl (C=O) groups excluding carboxylic acids is 1. The minimum absolute atomic E-state index is 0.0415. The maximum absolute atomic E-state index is 13.6. The van der Waals surface area contributed by atoms with Gasteiger partial charge < -0.3 is 9.30 Å². The van der Waals surface area contributed by atoms with E-state index in [9.17, 15) is 13.2 Å². The van der Waals surface area contributed by atoms with Gasteiger partial charge in [-0.25, -0.2) is 13.8 Å². The van der Waals surface area contributed by atoms with E-state index in [1.165, 1.54) is 18.3 Å². The molecule has 40 heavy (non-hydrogen) atoms. The number of sulfonamides is 1. The summed E-state index contributed by atoms with van der Waals surface area (Å²) in [6.45, 7) is 7.64. The molecule has 1 N–H and O–H groups in total. The van der Waals surface area contributed by atoms with E-state index in [4.69, 9.17) is 16.3 Å². The maximum atomic E-state index is 13.6. The van der Waals surface area contributed by atoms with Crippen LogP contribution >= 0.6 is 11.6 Å². The van der Waals surface area contributed by atoms with Gasteiger partial charge in [-0.05, 0) is 82.3 Å². The molecule has 0 atom stereocenters. The van der Waals surface area contributed by atoms with Crippen molar-refractivity contribution in [1.29, 1.82) is 0 Å². The molecule has 1 amide bonds. The Morgan fingerprint density at radius 1 is 1.02 bits per heavy atom. The SMILES string of the molecule is CCOc1ccc(S(=O)(=O)N(CC(=O)N/N=C\c2cc(C)n(-c3ccccc3Cl)c2C)c2ccc(C)cc2)cc1. The number of para-hydroxylation sites is 1. The summed E-state index contributed by atoms with van der Waals surface area (Å²) in [6, 6.07) is 22.5. The van der Waals surface area contributed by atoms with E-state index in [0.29, 0.717) is 23.1 Å². The van der Waals surface area contributed by atoms with Gasteiger partial charge in [0.25, 0.3) is 15.9 Å². The molecule has 1 aromatic heterocycles. The average molecular weight is 579 g/mol. The largest absolute Gasteiger partial charge is 0.494 e. The zero-order valence-corrected chi connectivity index (χ0v) is 24.3. The van der Waals surface area contributed by atoms with E-state index in [1.807, 2.05) is 62.6 Å². The number of rotatable bonds is 10. The first-order valence-corrected chi connectivity index (χ1v) is 14.5. The summed E-state index contributed by atoms with van der Waals surface area (Å²) in [5.74, 6) is -0.0319. The molecule has 208 valence electrons. The van der Waals surface area contributed by atoms with E-state index in [1.54, 1.807) is 36.4 Å². The fourth-order valence-electron chi connectivity index (χ4n) is 4.29. The minimum atomic E-state index is -4.07. The molecule has 0 bridgehead atoms. The van der Waals surface area contributed by atoms with Gasteiger partial charge in [-0.1, -0.05) is 41.4 Å². The Kier molecular flexibility index (Phi) is 8.96. The highest BCUT2D eigenvalue weighted by Crippen LogP contribution is 2.27. The van der Waals surface area contributed by atoms with Crippen LogP contribution in [0.3, 0.4) is 0 Å². The van der Waals surface area contributed by atoms with Gasteiger partial charge in [0.2, 0.25) is 0 Å². The van der Waals surface area contributed by atoms with Crippen molar-refractivity contribution in [2.75, 3.05) is 17.5 Å². The number of ether oxygens (including phenoxy) is 1. The van der Waals surface area contributed by atoms with Crippen LogP contribution < -0.4 is 14.5 Å². The van der Waals surface area contributed by atoms with Gasteiger partial charge in [0.1, 0.15) is 12.3 Å². The van der Waals surface area contributed by atoms with E-state index in [-0.39, 0.29) is 4.90 Å². The second kappa shape index (κ2) is 12.4. The van der Waals surface area contributed by atoms with E-state index >= 15 is 0 Å². The molecule has 3 aromatic carbocycles. The smallest absolute Gasteiger partial charge is 0.264 e. The Morgan fingerprint density at radius 3 is 2.35 bits per heavy atom. The number of nitrogens with one attached hydrogen (secondary N) is 1. The highest BCUT2D eigenvalue weighted by atomic mass is 35.5. The summed E-state index contributed by atoms with van der Waals surface area (Å²) in [6.07, 6.45) is 1.53. The average Bonchev–Trinajstić information content (AvgIpc) is 3.21. The maximum Gasteiger partial charge on any atom is 0.264 e. The van der Waals surface area contributed by atoms with Gasteiger partial charge in [0.15, 0.2) is 0 Å². The molecule has 0 saturated heterocycles. The molecule has 0 unspecified atom stereocenters. The number of aromatic nitrogens is 1. The molecule has 4 rings (SSSR count). The molecule has 1 heterocycles. The Balaban J connectivity index is 1.55. The van der Waals surface area contributed by atoms with Crippen LogP contribution in [0.25, 0.3) is 5.69 Å². The summed E-state index contributed by atoms with van der Waals surface area (Å²) >= 11 is 6.40. The van der Waals surface area contributed by atoms with Crippen molar-refractivity contribution in [2.45, 2.75) is 32.6 Å². The van der Waals surface area contributed by atoms with E-state index in [0.717, 1.165) is 32.5 Å². The molecular weight excluding hydrogens is 548 g/mol. The van der Waals surface area contributed by atoms with Crippen LogP contribution in [0.15, 0.2) is 88.9 Å². The van der Waals surface area contributed by atoms with Crippen LogP contribution in [0.2, 0.25) is 5.02 Å². The van der Waals surface area contributed by atoms with Gasteiger partial charge in [-0.15, -0.1) is 0 Å². The summed E-state index contributed by atoms with van der Waals surface area (Å²) in [5, 5.41) is 4.73. The molecule has 0 aliphatic heterocycles. The van der Waals surface area contributed by atoms with Crippen LogP contribution in [-0.2, 0) is 14.8 Å². The third kappa shape index (κ3) is 6.38. The lowest BCUT2D eigenvalue weighted by Gasteiger charge is -2.24. The molecule has 10 heteroatoms. The predicted molar refractivity (Wildman–Crippen MR) is 159 cm³/mol. The van der Waals surface area contributed by atoms with Crippen molar-refractivity contribution < 1.29 is 17.9 Å². The molecule has 0 radical (unpaired) electrons. The predicted octanol–water partition coefficient (Wildman–Crippen LogP) is 5.80. The third-order valence-electron chi connectivity index (χ3n) is 6.29. The number of aryl methyl sites for hydroxylation is 2. The summed E-state index contributed by atoms with van der Waals surface area (Å²) in [5.41, 5.74) is 7.27. The highest BCUT2D eigenvalue weighted by molar-refractivity contribution is 7.92. The van der Waals surface area contributed by atoms with Crippen LogP contribution in [0.1, 0.15) is 29.4 Å². The van der Waals surface area contributed by atoms with Crippen molar-refractivity contribution in [2.24, 2.45) is 5.10 Å². The molecule has 0 fully saturated rings. The van der Waals surface area contributed by atoms with E-state index in [2.05, 4.69) is 10.5 Å². The first kappa shape index (κ1) is 28.9. The summed E-state index contributed by atoms with van der Waals surface area (Å²) < 4.78 is 35.7. The lowest BCUT2D eigenvalue weighted by atomic mass is 10.2. The Bertz CT molecular complexity index is 1630. The van der Waals surface area contributed by atoms with Crippen LogP contribution in [-0.4, -0.2) is 38.3 Å². The zero-order valence-electron chi connectivity index (χ0n) is 22.8. The quantitative estimate of drug-likeness (QED) is 0.190. The van der Waals surface area contributed by atoms with Gasteiger partial charge in [0.05, 0.1) is 34.1 Å². The fourth-order valence-corrected chi connectivity index (χ4v) is 5.93. The van der Waals surface area contributed by atoms with E-state index < -0.39 is 22.5 Å². The van der Waals surface area contributed by atoms with Gasteiger partial charge in [-0.3, -0.25) is 9.10 Å². The summed E-state index contributed by atoms with van der Waals surface area (Å²) in [4.78, 5) is 13.0. The van der Waals surface area contributed by atoms with Crippen LogP contribution in [0, 0.1) is 20.8 Å². The lowest BCUT2D eigenvalue weighted by molar-refractivity contribution is -0.119. The number of halogens is 1. The number of hydrogen-bond donors (Lipinski definition) is 1. The van der Waals surface area contributed by atoms with Crippen LogP contribution in [0.5, 0.6) is 5.75 Å². The number of benzene rings is 3. The highest BCUT2D eigenvalue weighted by Gasteiger charge is 2.27. The zero-order chi connectivity index (χ0) is 28.9. The number of anilines is 1. The topological polar surface area (TPSA) is 93.0 Å². The molecule has 8 nitrogen and oxygen atoms in total. The third-order valence-corrected chi connectivity index (χ3v) is 8.40. The summed E-state index contributed by atoms with van der Waals surface area (Å²) in [7, 11) is -4.07. The van der Waals surface area contributed by atoms with Crippen LogP contribution in [0.4, 0.5) is 5.69 Å². The molecule has 0 spiro atoms. The molecule has 0 aliphatic rings. The fraction of sp³-hybridized carbons (Fsp3) is 0.200. The van der Waals surface area contributed by atoms with Gasteiger partial charge >= 0.3 is 0 Å². The van der Waals surface area contributed by atoms with Crippen molar-refractivity contribution in [3.8, 4) is 11.4 Å². The first-order valence-electron chi connectivity index (χ1n) is 12.7. The van der Waals surface area contributed by atoms with Gasteiger partial charge in [-0.2, -0.15) is 5.10 Å². The Hall–Kier alpha value is -4.08. The number of nitrogens with zero attached hydrogens (tertiary/aromatic N) is 3. The Labute approximate surface area is 239 Å². The molecule has 4 aromatic rings. The monoisotopic (exact) mass is 578 g/mol. The minimum Gasteiger partial charge on any atom is -0.494 e. The number of hydrazone groups is 1. The molecular formula is C30H31ClN4O4S. The van der Waals surface area contributed by atoms with Gasteiger partial charge in [0, 0.05) is 17.0 Å². The second-order valence-corrected chi connectivity index (χ2v) is 11.4. The first-order chi connectivity index (χ1) is 19.1. The second-order valence-electron chi connectivity index (χ2n) is 9.16. The molecule has 0 aliphatic carbocycles. The number of amides is 1. The van der Waals surface area contributed by atoms with Crippen molar-refractivity contribution in [1.82, 2.24) is 9.99 Å². The Morgan fingerprint density at radius 2 is 1.70 bits per heavy atom. The molecule has 0 saturated carbocycles. The normalized spacial score (nSPS) is 11.5. The standard InChI is InChI=1S/C30H31ClN4O4S/c1-5-39-26-14-16-27(17-15-26)40(37,38)34(25-12-10-21(2)11-13-25)20-30(36)33-32-19-24-18-22(3)35(23(24)4)29-9-7-6-8-28(29)31/h6-19H,5,20H2,1-4H3,(H,33,36)/b32-19-. The van der Waals surface area contributed by atoms with Crippen molar-refractivity contribution in [3.63, 3.8) is 0 Å². The number of carbonyl (C=O) groups is 1. The van der Waals surface area contributed by atoms with Crippen molar-refractivity contribution >= 4 is 39.4 Å². The number of hydrogen-bond acceptors (Lipinski definition) is 5. The lowest BCUT2D eigenvalue weighted by Crippen LogP contribution is -2.39.